The fraction of sp³-hybridized carbons (Fsp3) is 1.00. The second-order valence-electron chi connectivity index (χ2n) is 3.83. The SMILES string of the molecule is N[C@]12CC3C[C@H](CN3C1)O2. The standard InChI is InChI=1S/C7H12N2O/c8-7-2-5-1-6(10-7)3-9(5)4-7/h5-6H,1-4,8H2/t5?,6-,7+/m1/s1. The van der Waals surface area contributed by atoms with Crippen molar-refractivity contribution in [3.05, 3.63) is 0 Å². The zero-order valence-corrected chi connectivity index (χ0v) is 5.92. The van der Waals surface area contributed by atoms with Crippen molar-refractivity contribution >= 4 is 0 Å². The summed E-state index contributed by atoms with van der Waals surface area (Å²) in [5, 5.41) is 0. The first kappa shape index (κ1) is 5.52. The predicted molar refractivity (Wildman–Crippen MR) is 36.4 cm³/mol. The van der Waals surface area contributed by atoms with Crippen molar-refractivity contribution < 1.29 is 4.74 Å². The normalized spacial score (nSPS) is 63.9. The maximum atomic E-state index is 5.96. The zero-order valence-electron chi connectivity index (χ0n) is 5.92. The van der Waals surface area contributed by atoms with Gasteiger partial charge in [-0.15, -0.1) is 0 Å². The van der Waals surface area contributed by atoms with E-state index in [9.17, 15) is 0 Å². The molecule has 0 saturated carbocycles. The van der Waals surface area contributed by atoms with Crippen molar-refractivity contribution in [3.63, 3.8) is 0 Å². The highest BCUT2D eigenvalue weighted by molar-refractivity contribution is 5.05. The summed E-state index contributed by atoms with van der Waals surface area (Å²) in [6, 6.07) is 0.753. The average molecular weight is 140 g/mol. The Kier molecular flexibility index (Phi) is 0.770. The Morgan fingerprint density at radius 3 is 3.10 bits per heavy atom. The molecule has 0 radical (unpaired) electrons. The zero-order chi connectivity index (χ0) is 6.77. The minimum absolute atomic E-state index is 0.258. The summed E-state index contributed by atoms with van der Waals surface area (Å²) in [6.45, 7) is 2.10. The lowest BCUT2D eigenvalue weighted by molar-refractivity contribution is -0.112. The van der Waals surface area contributed by atoms with Crippen LogP contribution in [0.2, 0.25) is 0 Å². The molecule has 4 atom stereocenters. The maximum absolute atomic E-state index is 5.96. The molecule has 56 valence electrons. The van der Waals surface area contributed by atoms with E-state index in [0.717, 1.165) is 25.6 Å². The van der Waals surface area contributed by atoms with Gasteiger partial charge in [0.1, 0.15) is 5.72 Å². The number of hydrogen-bond donors (Lipinski definition) is 1. The van der Waals surface area contributed by atoms with Gasteiger partial charge in [-0.2, -0.15) is 0 Å². The van der Waals surface area contributed by atoms with Gasteiger partial charge in [0.05, 0.1) is 6.10 Å². The maximum Gasteiger partial charge on any atom is 0.131 e. The monoisotopic (exact) mass is 140 g/mol. The first-order valence-electron chi connectivity index (χ1n) is 3.96. The molecule has 0 aliphatic carbocycles. The molecular formula is C7H12N2O. The molecule has 4 aliphatic heterocycles. The van der Waals surface area contributed by atoms with Crippen LogP contribution >= 0.6 is 0 Å². The van der Waals surface area contributed by atoms with Gasteiger partial charge in [-0.05, 0) is 6.42 Å². The van der Waals surface area contributed by atoms with Gasteiger partial charge in [0.25, 0.3) is 0 Å². The fourth-order valence-electron chi connectivity index (χ4n) is 2.65. The van der Waals surface area contributed by atoms with Crippen LogP contribution in [0.25, 0.3) is 0 Å². The molecule has 3 nitrogen and oxygen atoms in total. The second kappa shape index (κ2) is 1.40. The van der Waals surface area contributed by atoms with E-state index in [1.807, 2.05) is 0 Å². The Labute approximate surface area is 60.1 Å². The Balaban J connectivity index is 2.01. The molecule has 4 heterocycles. The van der Waals surface area contributed by atoms with Gasteiger partial charge >= 0.3 is 0 Å². The van der Waals surface area contributed by atoms with E-state index in [-0.39, 0.29) is 5.72 Å². The Morgan fingerprint density at radius 1 is 1.60 bits per heavy atom. The molecular weight excluding hydrogens is 128 g/mol. The highest BCUT2D eigenvalue weighted by Gasteiger charge is 2.54. The molecule has 0 aromatic carbocycles. The Hall–Kier alpha value is -0.120. The van der Waals surface area contributed by atoms with E-state index in [1.54, 1.807) is 0 Å². The lowest BCUT2D eigenvalue weighted by Gasteiger charge is -2.34. The molecule has 4 rings (SSSR count). The molecule has 4 saturated heterocycles. The van der Waals surface area contributed by atoms with Gasteiger partial charge in [0.2, 0.25) is 0 Å². The third-order valence-corrected chi connectivity index (χ3v) is 2.94. The van der Waals surface area contributed by atoms with Crippen LogP contribution in [0.4, 0.5) is 0 Å². The highest BCUT2D eigenvalue weighted by Crippen LogP contribution is 2.41. The van der Waals surface area contributed by atoms with Gasteiger partial charge in [0.15, 0.2) is 0 Å². The number of nitrogens with zero attached hydrogens (tertiary/aromatic N) is 1. The van der Waals surface area contributed by atoms with Crippen molar-refractivity contribution in [2.45, 2.75) is 30.7 Å². The van der Waals surface area contributed by atoms with Gasteiger partial charge in [-0.3, -0.25) is 4.90 Å². The summed E-state index contributed by atoms with van der Waals surface area (Å²) < 4.78 is 5.67. The molecule has 0 amide bonds. The number of hydrogen-bond acceptors (Lipinski definition) is 3. The van der Waals surface area contributed by atoms with Gasteiger partial charge in [-0.25, -0.2) is 0 Å². The first-order chi connectivity index (χ1) is 4.75. The third-order valence-electron chi connectivity index (χ3n) is 2.94. The van der Waals surface area contributed by atoms with Gasteiger partial charge in [0, 0.05) is 25.6 Å². The summed E-state index contributed by atoms with van der Waals surface area (Å²) >= 11 is 0. The molecule has 4 bridgehead atoms. The number of ether oxygens (including phenoxy) is 1. The van der Waals surface area contributed by atoms with E-state index in [1.165, 1.54) is 6.42 Å². The topological polar surface area (TPSA) is 38.5 Å². The molecule has 0 spiro atoms. The van der Waals surface area contributed by atoms with Crippen molar-refractivity contribution in [1.29, 1.82) is 0 Å². The van der Waals surface area contributed by atoms with Gasteiger partial charge < -0.3 is 10.5 Å². The van der Waals surface area contributed by atoms with E-state index < -0.39 is 0 Å². The van der Waals surface area contributed by atoms with E-state index in [2.05, 4.69) is 4.90 Å². The second-order valence-corrected chi connectivity index (χ2v) is 3.83. The van der Waals surface area contributed by atoms with Crippen LogP contribution in [0.5, 0.6) is 0 Å². The molecule has 4 fully saturated rings. The van der Waals surface area contributed by atoms with E-state index in [0.29, 0.717) is 6.10 Å². The summed E-state index contributed by atoms with van der Waals surface area (Å²) in [7, 11) is 0. The Morgan fingerprint density at radius 2 is 2.50 bits per heavy atom. The largest absolute Gasteiger partial charge is 0.355 e. The number of nitrogens with two attached hydrogens (primary N) is 1. The van der Waals surface area contributed by atoms with Crippen LogP contribution in [0.3, 0.4) is 0 Å². The Bertz CT molecular complexity index is 163. The van der Waals surface area contributed by atoms with Crippen LogP contribution in [0, 0.1) is 0 Å². The van der Waals surface area contributed by atoms with Crippen LogP contribution in [0.15, 0.2) is 0 Å². The molecule has 0 aromatic heterocycles. The molecule has 3 heteroatoms. The summed E-state index contributed by atoms with van der Waals surface area (Å²) in [6.07, 6.45) is 2.74. The van der Waals surface area contributed by atoms with Crippen LogP contribution in [-0.2, 0) is 4.74 Å². The first-order valence-corrected chi connectivity index (χ1v) is 3.96. The van der Waals surface area contributed by atoms with Crippen LogP contribution in [0.1, 0.15) is 12.8 Å². The molecule has 10 heavy (non-hydrogen) atoms. The minimum Gasteiger partial charge on any atom is -0.355 e. The average Bonchev–Trinajstić information content (AvgIpc) is 2.16. The van der Waals surface area contributed by atoms with E-state index >= 15 is 0 Å². The molecule has 0 aromatic rings. The number of rotatable bonds is 0. The van der Waals surface area contributed by atoms with Crippen LogP contribution < -0.4 is 5.73 Å². The summed E-state index contributed by atoms with van der Waals surface area (Å²) in [5.41, 5.74) is 5.70. The molecule has 4 aliphatic rings. The van der Waals surface area contributed by atoms with Crippen molar-refractivity contribution in [2.24, 2.45) is 5.73 Å². The fourth-order valence-corrected chi connectivity index (χ4v) is 2.65. The minimum atomic E-state index is -0.258. The lowest BCUT2D eigenvalue weighted by Crippen LogP contribution is -2.53. The van der Waals surface area contributed by atoms with E-state index in [4.69, 9.17) is 10.5 Å². The molecule has 2 unspecified atom stereocenters. The third kappa shape index (κ3) is 0.516. The van der Waals surface area contributed by atoms with Crippen molar-refractivity contribution in [1.82, 2.24) is 4.90 Å². The van der Waals surface area contributed by atoms with Crippen LogP contribution in [-0.4, -0.2) is 35.9 Å². The quantitative estimate of drug-likeness (QED) is 0.494. The number of morpholine rings is 1. The molecule has 2 N–H and O–H groups in total. The lowest BCUT2D eigenvalue weighted by atomic mass is 10.0. The smallest absolute Gasteiger partial charge is 0.131 e. The summed E-state index contributed by atoms with van der Waals surface area (Å²) in [5.74, 6) is 0. The van der Waals surface area contributed by atoms with Crippen molar-refractivity contribution in [3.8, 4) is 0 Å². The highest BCUT2D eigenvalue weighted by atomic mass is 16.5. The van der Waals surface area contributed by atoms with Gasteiger partial charge in [-0.1, -0.05) is 0 Å². The summed E-state index contributed by atoms with van der Waals surface area (Å²) in [4.78, 5) is 2.47. The predicted octanol–water partition coefficient (Wildman–Crippen LogP) is -0.482. The van der Waals surface area contributed by atoms with Crippen molar-refractivity contribution in [2.75, 3.05) is 13.1 Å².